The summed E-state index contributed by atoms with van der Waals surface area (Å²) in [4.78, 5) is 23.5. The smallest absolute Gasteiger partial charge is 0.349 e. The molecule has 7 nitrogen and oxygen atoms in total. The zero-order valence-electron chi connectivity index (χ0n) is 10.5. The van der Waals surface area contributed by atoms with Crippen molar-refractivity contribution in [1.82, 2.24) is 0 Å². The van der Waals surface area contributed by atoms with Crippen molar-refractivity contribution in [3.8, 4) is 23.0 Å². The summed E-state index contributed by atoms with van der Waals surface area (Å²) < 4.78 is 4.47. The van der Waals surface area contributed by atoms with Gasteiger partial charge in [-0.2, -0.15) is 0 Å². The summed E-state index contributed by atoms with van der Waals surface area (Å²) in [7, 11) is 0. The maximum Gasteiger partial charge on any atom is 0.349 e. The van der Waals surface area contributed by atoms with E-state index in [4.69, 9.17) is 0 Å². The summed E-state index contributed by atoms with van der Waals surface area (Å²) in [5, 5.41) is 37.4. The first-order valence-corrected chi connectivity index (χ1v) is 5.69. The molecule has 0 heterocycles. The lowest BCUT2D eigenvalue weighted by atomic mass is 10.1. The molecule has 0 unspecified atom stereocenters. The largest absolute Gasteiger partial charge is 0.508 e. The van der Waals surface area contributed by atoms with E-state index < -0.39 is 34.6 Å². The van der Waals surface area contributed by atoms with Crippen LogP contribution < -0.4 is 0 Å². The van der Waals surface area contributed by atoms with Gasteiger partial charge in [-0.1, -0.05) is 0 Å². The fraction of sp³-hybridized carbons (Fsp3) is 0. The third kappa shape index (κ3) is 3.03. The Morgan fingerprint density at radius 2 is 1.10 bits per heavy atom. The van der Waals surface area contributed by atoms with Crippen LogP contribution in [-0.4, -0.2) is 32.4 Å². The standard InChI is InChI=1S/C14H10O7/c15-7-1-3-11(17)9(5-7)13(19)21-14(20)10-6-8(16)2-4-12(10)18/h1-6,15-18H. The molecule has 0 aliphatic heterocycles. The first-order chi connectivity index (χ1) is 9.88. The van der Waals surface area contributed by atoms with Crippen molar-refractivity contribution in [3.63, 3.8) is 0 Å². The highest BCUT2D eigenvalue weighted by atomic mass is 16.6. The van der Waals surface area contributed by atoms with Crippen molar-refractivity contribution in [2.75, 3.05) is 0 Å². The molecule has 0 saturated carbocycles. The van der Waals surface area contributed by atoms with Crippen molar-refractivity contribution < 1.29 is 34.8 Å². The van der Waals surface area contributed by atoms with Crippen LogP contribution in [0.15, 0.2) is 36.4 Å². The third-order valence-electron chi connectivity index (χ3n) is 2.59. The van der Waals surface area contributed by atoms with E-state index in [-0.39, 0.29) is 11.5 Å². The molecular formula is C14H10O7. The summed E-state index contributed by atoms with van der Waals surface area (Å²) in [6, 6.07) is 6.26. The highest BCUT2D eigenvalue weighted by molar-refractivity contribution is 6.05. The monoisotopic (exact) mass is 290 g/mol. The van der Waals surface area contributed by atoms with E-state index in [2.05, 4.69) is 4.74 Å². The zero-order chi connectivity index (χ0) is 15.6. The van der Waals surface area contributed by atoms with Crippen LogP contribution in [0.5, 0.6) is 23.0 Å². The molecule has 0 atom stereocenters. The second-order valence-electron chi connectivity index (χ2n) is 4.08. The first-order valence-electron chi connectivity index (χ1n) is 5.69. The summed E-state index contributed by atoms with van der Waals surface area (Å²) in [6.07, 6.45) is 0. The van der Waals surface area contributed by atoms with Gasteiger partial charge < -0.3 is 25.2 Å². The molecule has 0 fully saturated rings. The maximum absolute atomic E-state index is 11.7. The molecule has 2 rings (SSSR count). The van der Waals surface area contributed by atoms with Crippen LogP contribution in [0.2, 0.25) is 0 Å². The normalized spacial score (nSPS) is 10.1. The van der Waals surface area contributed by atoms with Crippen LogP contribution in [0.25, 0.3) is 0 Å². The molecule has 2 aromatic rings. The predicted octanol–water partition coefficient (Wildman–Crippen LogP) is 1.51. The number of esters is 2. The van der Waals surface area contributed by atoms with E-state index in [1.165, 1.54) is 0 Å². The number of hydrogen-bond acceptors (Lipinski definition) is 7. The van der Waals surface area contributed by atoms with Gasteiger partial charge in [0.2, 0.25) is 0 Å². The van der Waals surface area contributed by atoms with Crippen LogP contribution in [0, 0.1) is 0 Å². The van der Waals surface area contributed by atoms with E-state index in [1.807, 2.05) is 0 Å². The van der Waals surface area contributed by atoms with Gasteiger partial charge in [-0.25, -0.2) is 9.59 Å². The number of carbonyl (C=O) groups is 2. The van der Waals surface area contributed by atoms with Crippen LogP contribution in [0.4, 0.5) is 0 Å². The number of phenols is 4. The SMILES string of the molecule is O=C(OC(=O)c1cc(O)ccc1O)c1cc(O)ccc1O. The van der Waals surface area contributed by atoms with Gasteiger partial charge in [0.25, 0.3) is 0 Å². The second kappa shape index (κ2) is 5.41. The lowest BCUT2D eigenvalue weighted by Gasteiger charge is -2.07. The van der Waals surface area contributed by atoms with Crippen molar-refractivity contribution >= 4 is 11.9 Å². The molecule has 0 bridgehead atoms. The number of aromatic hydroxyl groups is 4. The Labute approximate surface area is 118 Å². The van der Waals surface area contributed by atoms with Crippen molar-refractivity contribution in [3.05, 3.63) is 47.5 Å². The Morgan fingerprint density at radius 3 is 1.48 bits per heavy atom. The molecule has 4 N–H and O–H groups in total. The highest BCUT2D eigenvalue weighted by Crippen LogP contribution is 2.25. The Bertz CT molecular complexity index is 660. The minimum Gasteiger partial charge on any atom is -0.508 e. The molecule has 0 saturated heterocycles. The fourth-order valence-corrected chi connectivity index (χ4v) is 1.57. The van der Waals surface area contributed by atoms with Gasteiger partial charge in [0, 0.05) is 0 Å². The van der Waals surface area contributed by atoms with E-state index in [0.29, 0.717) is 0 Å². The van der Waals surface area contributed by atoms with Gasteiger partial charge in [-0.3, -0.25) is 0 Å². The molecule has 0 aliphatic carbocycles. The number of benzene rings is 2. The van der Waals surface area contributed by atoms with Gasteiger partial charge >= 0.3 is 11.9 Å². The average Bonchev–Trinajstić information content (AvgIpc) is 2.43. The lowest BCUT2D eigenvalue weighted by Crippen LogP contribution is -2.13. The number of phenolic OH excluding ortho intramolecular Hbond substituents is 4. The van der Waals surface area contributed by atoms with Gasteiger partial charge in [0.15, 0.2) is 0 Å². The summed E-state index contributed by atoms with van der Waals surface area (Å²) >= 11 is 0. The highest BCUT2D eigenvalue weighted by Gasteiger charge is 2.21. The number of carbonyl (C=O) groups excluding carboxylic acids is 2. The van der Waals surface area contributed by atoms with Gasteiger partial charge in [0.05, 0.1) is 0 Å². The van der Waals surface area contributed by atoms with Crippen molar-refractivity contribution in [2.24, 2.45) is 0 Å². The zero-order valence-corrected chi connectivity index (χ0v) is 10.5. The van der Waals surface area contributed by atoms with Gasteiger partial charge in [-0.15, -0.1) is 0 Å². The Kier molecular flexibility index (Phi) is 3.66. The molecule has 2 aromatic carbocycles. The lowest BCUT2D eigenvalue weighted by molar-refractivity contribution is 0.0393. The minimum atomic E-state index is -1.21. The van der Waals surface area contributed by atoms with Gasteiger partial charge in [0.1, 0.15) is 34.1 Å². The summed E-state index contributed by atoms with van der Waals surface area (Å²) in [5.74, 6) is -3.98. The van der Waals surface area contributed by atoms with Crippen molar-refractivity contribution in [1.29, 1.82) is 0 Å². The first kappa shape index (κ1) is 14.2. The number of rotatable bonds is 2. The molecule has 0 amide bonds. The third-order valence-corrected chi connectivity index (χ3v) is 2.59. The molecular weight excluding hydrogens is 280 g/mol. The molecule has 21 heavy (non-hydrogen) atoms. The summed E-state index contributed by atoms with van der Waals surface area (Å²) in [6.45, 7) is 0. The van der Waals surface area contributed by atoms with E-state index in [1.54, 1.807) is 0 Å². The molecule has 0 radical (unpaired) electrons. The average molecular weight is 290 g/mol. The Hall–Kier alpha value is -3.22. The molecule has 0 aliphatic rings. The molecule has 7 heteroatoms. The van der Waals surface area contributed by atoms with Crippen LogP contribution in [0.1, 0.15) is 20.7 Å². The van der Waals surface area contributed by atoms with E-state index in [0.717, 1.165) is 36.4 Å². The molecule has 0 aromatic heterocycles. The topological polar surface area (TPSA) is 124 Å². The second-order valence-corrected chi connectivity index (χ2v) is 4.08. The summed E-state index contributed by atoms with van der Waals surface area (Å²) in [5.41, 5.74) is -0.828. The van der Waals surface area contributed by atoms with Crippen LogP contribution >= 0.6 is 0 Å². The Morgan fingerprint density at radius 1 is 0.714 bits per heavy atom. The van der Waals surface area contributed by atoms with Gasteiger partial charge in [-0.05, 0) is 36.4 Å². The van der Waals surface area contributed by atoms with E-state index >= 15 is 0 Å². The van der Waals surface area contributed by atoms with Crippen LogP contribution in [-0.2, 0) is 4.74 Å². The van der Waals surface area contributed by atoms with Crippen molar-refractivity contribution in [2.45, 2.75) is 0 Å². The predicted molar refractivity (Wildman–Crippen MR) is 69.3 cm³/mol. The maximum atomic E-state index is 11.7. The number of hydrogen-bond donors (Lipinski definition) is 4. The molecule has 0 spiro atoms. The fourth-order valence-electron chi connectivity index (χ4n) is 1.57. The minimum absolute atomic E-state index is 0.299. The quantitative estimate of drug-likeness (QED) is 0.375. The molecule has 108 valence electrons. The van der Waals surface area contributed by atoms with E-state index in [9.17, 15) is 30.0 Å². The Balaban J connectivity index is 2.25. The number of ether oxygens (including phenoxy) is 1. The van der Waals surface area contributed by atoms with Crippen LogP contribution in [0.3, 0.4) is 0 Å².